The minimum atomic E-state index is 0. The Hall–Kier alpha value is -2.00. The number of benzene rings is 2. The Balaban J connectivity index is 0.00000385. The fraction of sp³-hybridized carbons (Fsp3) is 0.417. The van der Waals surface area contributed by atoms with Crippen LogP contribution >= 0.6 is 35.5 Å². The molecular formula is C24H32ClN3O3S2. The zero-order valence-electron chi connectivity index (χ0n) is 19.8. The van der Waals surface area contributed by atoms with Crippen LogP contribution in [0.2, 0.25) is 0 Å². The number of thioether (sulfide) groups is 1. The first-order valence-corrected chi connectivity index (χ1v) is 12.4. The number of methoxy groups -OCH3 is 2. The highest BCUT2D eigenvalue weighted by atomic mass is 35.5. The third-order valence-corrected chi connectivity index (χ3v) is 7.13. The summed E-state index contributed by atoms with van der Waals surface area (Å²) >= 11 is 3.18. The summed E-state index contributed by atoms with van der Waals surface area (Å²) in [6.07, 6.45) is 1.32. The molecule has 180 valence electrons. The number of carbonyl (C=O) groups is 1. The predicted molar refractivity (Wildman–Crippen MR) is 142 cm³/mol. The molecule has 0 N–H and O–H groups in total. The maximum Gasteiger partial charge on any atom is 0.229 e. The number of ether oxygens (including phenoxy) is 2. The van der Waals surface area contributed by atoms with E-state index in [-0.39, 0.29) is 18.3 Å². The van der Waals surface area contributed by atoms with Crippen LogP contribution < -0.4 is 14.4 Å². The Morgan fingerprint density at radius 2 is 1.70 bits per heavy atom. The average Bonchev–Trinajstić information content (AvgIpc) is 3.22. The highest BCUT2D eigenvalue weighted by Gasteiger charge is 2.22. The van der Waals surface area contributed by atoms with Crippen molar-refractivity contribution in [3.63, 3.8) is 0 Å². The highest BCUT2D eigenvalue weighted by molar-refractivity contribution is 7.99. The fourth-order valence-corrected chi connectivity index (χ4v) is 5.25. The molecule has 0 atom stereocenters. The first kappa shape index (κ1) is 27.2. The summed E-state index contributed by atoms with van der Waals surface area (Å²) in [6, 6.07) is 12.1. The summed E-state index contributed by atoms with van der Waals surface area (Å²) in [6.45, 7) is 3.60. The summed E-state index contributed by atoms with van der Waals surface area (Å²) in [4.78, 5) is 23.2. The fourth-order valence-electron chi connectivity index (χ4n) is 3.29. The van der Waals surface area contributed by atoms with Gasteiger partial charge in [-0.1, -0.05) is 29.0 Å². The van der Waals surface area contributed by atoms with E-state index in [1.54, 1.807) is 26.0 Å². The first-order valence-electron chi connectivity index (χ1n) is 10.6. The van der Waals surface area contributed by atoms with Gasteiger partial charge < -0.3 is 14.4 Å². The van der Waals surface area contributed by atoms with Crippen molar-refractivity contribution in [3.8, 4) is 11.5 Å². The molecule has 0 bridgehead atoms. The third-order valence-electron chi connectivity index (χ3n) is 5.02. The molecule has 0 aliphatic carbocycles. The van der Waals surface area contributed by atoms with Crippen molar-refractivity contribution >= 4 is 56.8 Å². The van der Waals surface area contributed by atoms with Gasteiger partial charge in [-0.25, -0.2) is 4.98 Å². The largest absolute Gasteiger partial charge is 0.495 e. The Morgan fingerprint density at radius 3 is 2.33 bits per heavy atom. The molecule has 2 aromatic carbocycles. The number of aryl methyl sites for hydroxylation is 1. The summed E-state index contributed by atoms with van der Waals surface area (Å²) in [7, 11) is 7.35. The van der Waals surface area contributed by atoms with Crippen LogP contribution in [0.5, 0.6) is 11.5 Å². The lowest BCUT2D eigenvalue weighted by atomic mass is 10.2. The van der Waals surface area contributed by atoms with Crippen LogP contribution in [0, 0.1) is 6.92 Å². The second-order valence-corrected chi connectivity index (χ2v) is 9.90. The number of hydrogen-bond donors (Lipinski definition) is 0. The molecule has 0 fully saturated rings. The third kappa shape index (κ3) is 7.24. The Kier molecular flexibility index (Phi) is 10.8. The van der Waals surface area contributed by atoms with Crippen molar-refractivity contribution in [2.24, 2.45) is 0 Å². The Labute approximate surface area is 210 Å². The predicted octanol–water partition coefficient (Wildman–Crippen LogP) is 5.51. The maximum absolute atomic E-state index is 13.3. The van der Waals surface area contributed by atoms with Crippen molar-refractivity contribution in [1.29, 1.82) is 0 Å². The zero-order chi connectivity index (χ0) is 23.1. The maximum atomic E-state index is 13.3. The molecular weight excluding hydrogens is 478 g/mol. The Bertz CT molecular complexity index is 1000. The second kappa shape index (κ2) is 13.0. The summed E-state index contributed by atoms with van der Waals surface area (Å²) in [5.41, 5.74) is 1.96. The van der Waals surface area contributed by atoms with E-state index < -0.39 is 0 Å². The lowest BCUT2D eigenvalue weighted by Gasteiger charge is -2.21. The molecule has 0 saturated carbocycles. The van der Waals surface area contributed by atoms with Crippen molar-refractivity contribution in [2.45, 2.75) is 24.7 Å². The van der Waals surface area contributed by atoms with Crippen LogP contribution in [0.3, 0.4) is 0 Å². The van der Waals surface area contributed by atoms with E-state index >= 15 is 0 Å². The van der Waals surface area contributed by atoms with Crippen LogP contribution in [-0.2, 0) is 4.79 Å². The number of thiazole rings is 1. The quantitative estimate of drug-likeness (QED) is 0.318. The van der Waals surface area contributed by atoms with Crippen LogP contribution in [0.1, 0.15) is 18.4 Å². The lowest BCUT2D eigenvalue weighted by molar-refractivity contribution is -0.118. The van der Waals surface area contributed by atoms with E-state index in [9.17, 15) is 4.79 Å². The molecule has 6 nitrogen and oxygen atoms in total. The summed E-state index contributed by atoms with van der Waals surface area (Å²) < 4.78 is 11.9. The lowest BCUT2D eigenvalue weighted by Crippen LogP contribution is -2.33. The van der Waals surface area contributed by atoms with Gasteiger partial charge in [0.15, 0.2) is 5.13 Å². The second-order valence-electron chi connectivity index (χ2n) is 7.76. The summed E-state index contributed by atoms with van der Waals surface area (Å²) in [5, 5.41) is 0.687. The van der Waals surface area contributed by atoms with Crippen LogP contribution in [0.15, 0.2) is 41.3 Å². The number of nitrogens with zero attached hydrogens (tertiary/aromatic N) is 3. The van der Waals surface area contributed by atoms with E-state index in [2.05, 4.69) is 36.1 Å². The molecule has 3 rings (SSSR count). The number of fused-ring (bicyclic) bond motifs is 1. The molecule has 0 aliphatic rings. The van der Waals surface area contributed by atoms with Crippen LogP contribution in [0.25, 0.3) is 10.2 Å². The minimum Gasteiger partial charge on any atom is -0.495 e. The van der Waals surface area contributed by atoms with Gasteiger partial charge in [0.05, 0.1) is 14.2 Å². The van der Waals surface area contributed by atoms with Gasteiger partial charge in [-0.15, -0.1) is 24.2 Å². The van der Waals surface area contributed by atoms with E-state index in [1.165, 1.54) is 21.8 Å². The molecule has 0 radical (unpaired) electrons. The molecule has 1 amide bonds. The van der Waals surface area contributed by atoms with E-state index in [1.807, 2.05) is 31.1 Å². The van der Waals surface area contributed by atoms with Gasteiger partial charge in [0.1, 0.15) is 21.7 Å². The van der Waals surface area contributed by atoms with Crippen LogP contribution in [-0.4, -0.2) is 62.9 Å². The topological polar surface area (TPSA) is 54.9 Å². The average molecular weight is 510 g/mol. The number of halogens is 1. The van der Waals surface area contributed by atoms with Crippen molar-refractivity contribution in [2.75, 3.05) is 52.1 Å². The number of amides is 1. The first-order chi connectivity index (χ1) is 15.4. The normalized spacial score (nSPS) is 10.8. The molecule has 0 saturated heterocycles. The standard InChI is InChI=1S/C24H31N3O3S2.ClH/c1-17-7-9-18(10-8-17)31-16-13-21(28)27(15-6-14-26(2)3)24-25-22-19(29-4)11-12-20(30-5)23(22)32-24;/h7-12H,6,13-16H2,1-5H3;1H. The molecule has 1 aromatic heterocycles. The zero-order valence-corrected chi connectivity index (χ0v) is 22.2. The number of hydrogen-bond acceptors (Lipinski definition) is 7. The van der Waals surface area contributed by atoms with E-state index in [0.717, 1.165) is 34.7 Å². The highest BCUT2D eigenvalue weighted by Crippen LogP contribution is 2.40. The van der Waals surface area contributed by atoms with Gasteiger partial charge in [0.25, 0.3) is 0 Å². The minimum absolute atomic E-state index is 0. The van der Waals surface area contributed by atoms with Gasteiger partial charge in [-0.2, -0.15) is 0 Å². The number of rotatable bonds is 11. The van der Waals surface area contributed by atoms with Crippen molar-refractivity contribution in [1.82, 2.24) is 9.88 Å². The van der Waals surface area contributed by atoms with Crippen molar-refractivity contribution < 1.29 is 14.3 Å². The van der Waals surface area contributed by atoms with E-state index in [4.69, 9.17) is 14.5 Å². The van der Waals surface area contributed by atoms with Gasteiger partial charge in [-0.05, 0) is 58.3 Å². The SMILES string of the molecule is COc1ccc(OC)c2sc(N(CCCN(C)C)C(=O)CCSc3ccc(C)cc3)nc12.Cl. The van der Waals surface area contributed by atoms with Gasteiger partial charge in [0, 0.05) is 23.6 Å². The smallest absolute Gasteiger partial charge is 0.229 e. The molecule has 1 heterocycles. The monoisotopic (exact) mass is 509 g/mol. The van der Waals surface area contributed by atoms with E-state index in [0.29, 0.717) is 23.8 Å². The van der Waals surface area contributed by atoms with Gasteiger partial charge in [-0.3, -0.25) is 9.69 Å². The van der Waals surface area contributed by atoms with Crippen molar-refractivity contribution in [3.05, 3.63) is 42.0 Å². The molecule has 33 heavy (non-hydrogen) atoms. The molecule has 0 spiro atoms. The van der Waals surface area contributed by atoms with Gasteiger partial charge >= 0.3 is 0 Å². The number of carbonyl (C=O) groups excluding carboxylic acids is 1. The molecule has 9 heteroatoms. The number of aromatic nitrogens is 1. The Morgan fingerprint density at radius 1 is 1.03 bits per heavy atom. The molecule has 0 aliphatic heterocycles. The summed E-state index contributed by atoms with van der Waals surface area (Å²) in [5.74, 6) is 2.23. The van der Waals surface area contributed by atoms with Gasteiger partial charge in [0.2, 0.25) is 5.91 Å². The molecule has 0 unspecified atom stereocenters. The molecule has 3 aromatic rings. The number of anilines is 1. The van der Waals surface area contributed by atoms with Crippen LogP contribution in [0.4, 0.5) is 5.13 Å².